The highest BCUT2D eigenvalue weighted by Crippen LogP contribution is 2.10. The first kappa shape index (κ1) is 11.8. The first-order valence-electron chi connectivity index (χ1n) is 5.65. The third-order valence-corrected chi connectivity index (χ3v) is 2.80. The fourth-order valence-corrected chi connectivity index (χ4v) is 1.89. The van der Waals surface area contributed by atoms with Crippen LogP contribution in [0, 0.1) is 0 Å². The number of hydrogen-bond donors (Lipinski definition) is 3. The van der Waals surface area contributed by atoms with Crippen LogP contribution < -0.4 is 16.0 Å². The van der Waals surface area contributed by atoms with Crippen molar-refractivity contribution in [2.45, 2.75) is 31.4 Å². The van der Waals surface area contributed by atoms with Gasteiger partial charge in [0, 0.05) is 13.2 Å². The third kappa shape index (κ3) is 3.16. The lowest BCUT2D eigenvalue weighted by Crippen LogP contribution is -2.38. The average molecular weight is 241 g/mol. The standard InChI is InChI=1S/C10H15N3O4/c14-8(11-5-6-2-1-3-17-6)4-7-9(15)13-10(16)12-7/h6-7H,1-5H2,(H,11,14)(H2,12,13,15,16). The van der Waals surface area contributed by atoms with Crippen LogP contribution in [0.5, 0.6) is 0 Å². The maximum absolute atomic E-state index is 11.5. The number of rotatable bonds is 4. The van der Waals surface area contributed by atoms with Crippen molar-refractivity contribution in [2.24, 2.45) is 0 Å². The maximum Gasteiger partial charge on any atom is 0.322 e. The SMILES string of the molecule is O=C(CC1NC(=O)NC1=O)NCC1CCCO1. The molecule has 2 aliphatic heterocycles. The van der Waals surface area contributed by atoms with Gasteiger partial charge in [-0.1, -0.05) is 0 Å². The average Bonchev–Trinajstić information content (AvgIpc) is 2.87. The lowest BCUT2D eigenvalue weighted by molar-refractivity contribution is -0.126. The van der Waals surface area contributed by atoms with Crippen molar-refractivity contribution in [3.05, 3.63) is 0 Å². The minimum absolute atomic E-state index is 0.0374. The second kappa shape index (κ2) is 5.13. The zero-order valence-corrected chi connectivity index (χ0v) is 9.32. The van der Waals surface area contributed by atoms with Crippen LogP contribution in [-0.2, 0) is 14.3 Å². The molecule has 0 radical (unpaired) electrons. The van der Waals surface area contributed by atoms with Crippen LogP contribution in [0.25, 0.3) is 0 Å². The van der Waals surface area contributed by atoms with Crippen LogP contribution in [0.3, 0.4) is 0 Å². The summed E-state index contributed by atoms with van der Waals surface area (Å²) in [6.07, 6.45) is 2.00. The summed E-state index contributed by atoms with van der Waals surface area (Å²) in [7, 11) is 0. The summed E-state index contributed by atoms with van der Waals surface area (Å²) >= 11 is 0. The van der Waals surface area contributed by atoms with Crippen LogP contribution in [0.1, 0.15) is 19.3 Å². The van der Waals surface area contributed by atoms with E-state index in [2.05, 4.69) is 16.0 Å². The van der Waals surface area contributed by atoms with Gasteiger partial charge in [-0.2, -0.15) is 0 Å². The Balaban J connectivity index is 1.69. The molecule has 2 saturated heterocycles. The number of nitrogens with one attached hydrogen (secondary N) is 3. The second-order valence-electron chi connectivity index (χ2n) is 4.16. The first-order chi connectivity index (χ1) is 8.15. The number of hydrogen-bond acceptors (Lipinski definition) is 4. The molecular weight excluding hydrogens is 226 g/mol. The molecule has 2 heterocycles. The molecule has 94 valence electrons. The molecule has 17 heavy (non-hydrogen) atoms. The Morgan fingerprint density at radius 1 is 1.47 bits per heavy atom. The first-order valence-corrected chi connectivity index (χ1v) is 5.65. The van der Waals surface area contributed by atoms with E-state index in [0.717, 1.165) is 19.4 Å². The zero-order chi connectivity index (χ0) is 12.3. The van der Waals surface area contributed by atoms with Gasteiger partial charge in [0.15, 0.2) is 0 Å². The van der Waals surface area contributed by atoms with E-state index in [4.69, 9.17) is 4.74 Å². The van der Waals surface area contributed by atoms with E-state index in [9.17, 15) is 14.4 Å². The van der Waals surface area contributed by atoms with E-state index in [1.54, 1.807) is 0 Å². The van der Waals surface area contributed by atoms with E-state index < -0.39 is 18.0 Å². The summed E-state index contributed by atoms with van der Waals surface area (Å²) in [4.78, 5) is 33.5. The summed E-state index contributed by atoms with van der Waals surface area (Å²) in [5.41, 5.74) is 0. The number of urea groups is 1. The molecule has 3 N–H and O–H groups in total. The van der Waals surface area contributed by atoms with Gasteiger partial charge in [0.25, 0.3) is 5.91 Å². The molecule has 7 heteroatoms. The topological polar surface area (TPSA) is 96.5 Å². The molecule has 0 aromatic heterocycles. The second-order valence-corrected chi connectivity index (χ2v) is 4.16. The maximum atomic E-state index is 11.5. The predicted molar refractivity (Wildman–Crippen MR) is 57.1 cm³/mol. The minimum Gasteiger partial charge on any atom is -0.376 e. The molecule has 4 amide bonds. The van der Waals surface area contributed by atoms with Crippen LogP contribution in [0.15, 0.2) is 0 Å². The lowest BCUT2D eigenvalue weighted by atomic mass is 10.2. The number of carbonyl (C=O) groups excluding carboxylic acids is 3. The third-order valence-electron chi connectivity index (χ3n) is 2.80. The zero-order valence-electron chi connectivity index (χ0n) is 9.32. The molecule has 0 aromatic carbocycles. The highest BCUT2D eigenvalue weighted by Gasteiger charge is 2.31. The highest BCUT2D eigenvalue weighted by atomic mass is 16.5. The molecule has 2 atom stereocenters. The van der Waals surface area contributed by atoms with Crippen molar-refractivity contribution < 1.29 is 19.1 Å². The Morgan fingerprint density at radius 3 is 2.88 bits per heavy atom. The fourth-order valence-electron chi connectivity index (χ4n) is 1.89. The van der Waals surface area contributed by atoms with E-state index in [1.165, 1.54) is 0 Å². The molecule has 0 aliphatic carbocycles. The van der Waals surface area contributed by atoms with Crippen LogP contribution in [0.4, 0.5) is 4.79 Å². The van der Waals surface area contributed by atoms with Gasteiger partial charge in [-0.15, -0.1) is 0 Å². The molecule has 7 nitrogen and oxygen atoms in total. The molecule has 0 bridgehead atoms. The van der Waals surface area contributed by atoms with Crippen molar-refractivity contribution >= 4 is 17.8 Å². The summed E-state index contributed by atoms with van der Waals surface area (Å²) in [5.74, 6) is -0.717. The van der Waals surface area contributed by atoms with Gasteiger partial charge in [-0.3, -0.25) is 14.9 Å². The Morgan fingerprint density at radius 2 is 2.29 bits per heavy atom. The van der Waals surface area contributed by atoms with Gasteiger partial charge in [0.05, 0.1) is 12.5 Å². The fraction of sp³-hybridized carbons (Fsp3) is 0.700. The van der Waals surface area contributed by atoms with Gasteiger partial charge in [-0.25, -0.2) is 4.79 Å². The molecule has 2 unspecified atom stereocenters. The van der Waals surface area contributed by atoms with Crippen LogP contribution in [0.2, 0.25) is 0 Å². The van der Waals surface area contributed by atoms with E-state index >= 15 is 0 Å². The summed E-state index contributed by atoms with van der Waals surface area (Å²) in [6.45, 7) is 1.20. The van der Waals surface area contributed by atoms with Gasteiger partial charge in [-0.05, 0) is 12.8 Å². The van der Waals surface area contributed by atoms with E-state index in [1.807, 2.05) is 0 Å². The lowest BCUT2D eigenvalue weighted by Gasteiger charge is -2.12. The van der Waals surface area contributed by atoms with Gasteiger partial charge >= 0.3 is 6.03 Å². The van der Waals surface area contributed by atoms with Gasteiger partial charge in [0.2, 0.25) is 5.91 Å². The number of amides is 4. The number of ether oxygens (including phenoxy) is 1. The monoisotopic (exact) mass is 241 g/mol. The summed E-state index contributed by atoms with van der Waals surface area (Å²) < 4.78 is 5.35. The molecule has 2 aliphatic rings. The number of imide groups is 1. The van der Waals surface area contributed by atoms with Crippen molar-refractivity contribution in [3.8, 4) is 0 Å². The van der Waals surface area contributed by atoms with Crippen molar-refractivity contribution in [1.82, 2.24) is 16.0 Å². The molecule has 0 spiro atoms. The van der Waals surface area contributed by atoms with Crippen molar-refractivity contribution in [1.29, 1.82) is 0 Å². The Labute approximate surface area is 98.3 Å². The van der Waals surface area contributed by atoms with E-state index in [-0.39, 0.29) is 18.4 Å². The summed E-state index contributed by atoms with van der Waals surface area (Å²) in [5, 5.41) is 7.14. The Hall–Kier alpha value is -1.63. The predicted octanol–water partition coefficient (Wildman–Crippen LogP) is -1.12. The molecule has 0 aromatic rings. The quantitative estimate of drug-likeness (QED) is 0.543. The normalized spacial score (nSPS) is 27.8. The molecule has 2 fully saturated rings. The molecular formula is C10H15N3O4. The van der Waals surface area contributed by atoms with E-state index in [0.29, 0.717) is 6.54 Å². The minimum atomic E-state index is -0.757. The Bertz CT molecular complexity index is 338. The number of carbonyl (C=O) groups is 3. The Kier molecular flexibility index (Phi) is 3.58. The van der Waals surface area contributed by atoms with Crippen LogP contribution >= 0.6 is 0 Å². The molecule has 0 saturated carbocycles. The molecule has 2 rings (SSSR count). The highest BCUT2D eigenvalue weighted by molar-refractivity contribution is 6.05. The summed E-state index contributed by atoms with van der Waals surface area (Å²) in [6, 6.07) is -1.31. The van der Waals surface area contributed by atoms with Crippen molar-refractivity contribution in [3.63, 3.8) is 0 Å². The van der Waals surface area contributed by atoms with Crippen molar-refractivity contribution in [2.75, 3.05) is 13.2 Å². The smallest absolute Gasteiger partial charge is 0.322 e. The van der Waals surface area contributed by atoms with Crippen LogP contribution in [-0.4, -0.2) is 43.1 Å². The largest absolute Gasteiger partial charge is 0.376 e. The van der Waals surface area contributed by atoms with Gasteiger partial charge in [0.1, 0.15) is 6.04 Å². The van der Waals surface area contributed by atoms with Gasteiger partial charge < -0.3 is 15.4 Å².